The smallest absolute Gasteiger partial charge is 0.341 e. The van der Waals surface area contributed by atoms with E-state index in [2.05, 4.69) is 12.2 Å². The van der Waals surface area contributed by atoms with Crippen LogP contribution < -0.4 is 5.32 Å². The average molecular weight is 462 g/mol. The molecule has 1 aliphatic rings. The lowest BCUT2D eigenvalue weighted by molar-refractivity contribution is -0.115. The van der Waals surface area contributed by atoms with E-state index >= 15 is 0 Å². The highest BCUT2D eigenvalue weighted by Crippen LogP contribution is 2.38. The Labute approximate surface area is 184 Å². The van der Waals surface area contributed by atoms with Crippen LogP contribution in [-0.2, 0) is 44.4 Å². The number of esters is 1. The van der Waals surface area contributed by atoms with Crippen LogP contribution in [-0.4, -0.2) is 32.7 Å². The van der Waals surface area contributed by atoms with Crippen LogP contribution >= 0.6 is 11.3 Å². The second-order valence-corrected chi connectivity index (χ2v) is 10.7. The molecule has 1 aliphatic heterocycles. The number of carbonyl (C=O) groups excluding carboxylic acids is 2. The molecule has 2 aromatic heterocycles. The summed E-state index contributed by atoms with van der Waals surface area (Å²) >= 11 is 1.13. The van der Waals surface area contributed by atoms with Gasteiger partial charge < -0.3 is 14.5 Å². The molecule has 0 saturated heterocycles. The van der Waals surface area contributed by atoms with Crippen LogP contribution in [0.2, 0.25) is 0 Å². The second-order valence-electron chi connectivity index (χ2n) is 7.44. The molecule has 0 saturated carbocycles. The highest BCUT2D eigenvalue weighted by Gasteiger charge is 2.32. The van der Waals surface area contributed by atoms with Crippen LogP contribution in [0.25, 0.3) is 11.0 Å². The maximum Gasteiger partial charge on any atom is 0.341 e. The lowest BCUT2D eigenvalue weighted by Gasteiger charge is -2.13. The van der Waals surface area contributed by atoms with E-state index in [4.69, 9.17) is 9.15 Å². The Morgan fingerprint density at radius 2 is 2.06 bits per heavy atom. The van der Waals surface area contributed by atoms with Gasteiger partial charge in [0, 0.05) is 15.8 Å². The quantitative estimate of drug-likeness (QED) is 0.559. The molecule has 31 heavy (non-hydrogen) atoms. The molecule has 7 nitrogen and oxygen atoms in total. The van der Waals surface area contributed by atoms with Gasteiger partial charge in [0.25, 0.3) is 0 Å². The third-order valence-corrected chi connectivity index (χ3v) is 8.20. The molecular weight excluding hydrogens is 438 g/mol. The van der Waals surface area contributed by atoms with E-state index in [1.165, 1.54) is 0 Å². The van der Waals surface area contributed by atoms with Gasteiger partial charge in [-0.05, 0) is 37.0 Å². The largest absolute Gasteiger partial charge is 0.464 e. The van der Waals surface area contributed by atoms with Crippen molar-refractivity contribution >= 4 is 49.0 Å². The Morgan fingerprint density at radius 3 is 2.81 bits per heavy atom. The first kappa shape index (κ1) is 21.6. The minimum Gasteiger partial charge on any atom is -0.464 e. The third-order valence-electron chi connectivity index (χ3n) is 5.32. The van der Waals surface area contributed by atoms with E-state index in [0.717, 1.165) is 39.9 Å². The number of rotatable bonds is 6. The van der Waals surface area contributed by atoms with E-state index in [1.54, 1.807) is 13.2 Å². The molecule has 0 spiro atoms. The van der Waals surface area contributed by atoms with Crippen LogP contribution in [0, 0.1) is 0 Å². The molecule has 4 rings (SSSR count). The van der Waals surface area contributed by atoms with Gasteiger partial charge >= 0.3 is 5.97 Å². The molecule has 0 fully saturated rings. The van der Waals surface area contributed by atoms with Gasteiger partial charge in [0.15, 0.2) is 9.84 Å². The van der Waals surface area contributed by atoms with Crippen molar-refractivity contribution in [2.24, 2.45) is 0 Å². The highest BCUT2D eigenvalue weighted by molar-refractivity contribution is 7.90. The summed E-state index contributed by atoms with van der Waals surface area (Å²) < 4.78 is 34.8. The summed E-state index contributed by atoms with van der Waals surface area (Å²) in [5.74, 6) is -0.997. The Bertz CT molecular complexity index is 1270. The molecule has 1 amide bonds. The number of furan rings is 1. The van der Waals surface area contributed by atoms with Gasteiger partial charge in [-0.2, -0.15) is 0 Å². The van der Waals surface area contributed by atoms with Crippen molar-refractivity contribution in [3.05, 3.63) is 51.6 Å². The van der Waals surface area contributed by atoms with Crippen LogP contribution in [0.1, 0.15) is 45.8 Å². The lowest BCUT2D eigenvalue weighted by atomic mass is 10.1. The summed E-state index contributed by atoms with van der Waals surface area (Å²) in [6.07, 6.45) is 2.77. The maximum absolute atomic E-state index is 12.8. The number of aryl methyl sites for hydroxylation is 1. The fourth-order valence-electron chi connectivity index (χ4n) is 3.76. The number of amides is 1. The van der Waals surface area contributed by atoms with Crippen molar-refractivity contribution < 1.29 is 27.2 Å². The fraction of sp³-hybridized carbons (Fsp3) is 0.364. The minimum absolute atomic E-state index is 0.0166. The first-order valence-corrected chi connectivity index (χ1v) is 12.8. The van der Waals surface area contributed by atoms with Crippen molar-refractivity contribution in [2.45, 2.75) is 38.9 Å². The van der Waals surface area contributed by atoms with E-state index in [1.807, 2.05) is 18.2 Å². The van der Waals surface area contributed by atoms with E-state index in [-0.39, 0.29) is 42.4 Å². The molecule has 9 heteroatoms. The molecule has 3 aromatic rings. The number of hydrogen-bond acceptors (Lipinski definition) is 7. The van der Waals surface area contributed by atoms with Crippen molar-refractivity contribution in [1.82, 2.24) is 0 Å². The first-order chi connectivity index (χ1) is 14.8. The number of ether oxygens (including phenoxy) is 1. The predicted octanol–water partition coefficient (Wildman–Crippen LogP) is 3.89. The molecule has 0 radical (unpaired) electrons. The standard InChI is InChI=1S/C22H23NO6S2/c1-3-13-5-6-15-14(11-29-17(15)9-13)10-19(24)23-21-20(22(25)28-4-2)16-7-8-31(26,27)12-18(16)30-21/h5-6,9,11H,3-4,7-8,10,12H2,1-2H3,(H,23,24). The number of benzene rings is 1. The zero-order valence-electron chi connectivity index (χ0n) is 17.3. The fourth-order valence-corrected chi connectivity index (χ4v) is 6.81. The van der Waals surface area contributed by atoms with Gasteiger partial charge in [-0.1, -0.05) is 19.1 Å². The molecular formula is C22H23NO6S2. The summed E-state index contributed by atoms with van der Waals surface area (Å²) in [4.78, 5) is 26.0. The van der Waals surface area contributed by atoms with Gasteiger partial charge in [0.05, 0.1) is 36.4 Å². The van der Waals surface area contributed by atoms with Crippen LogP contribution in [0.3, 0.4) is 0 Å². The van der Waals surface area contributed by atoms with E-state index in [0.29, 0.717) is 15.4 Å². The predicted molar refractivity (Wildman–Crippen MR) is 119 cm³/mol. The zero-order chi connectivity index (χ0) is 22.2. The van der Waals surface area contributed by atoms with Gasteiger partial charge in [0.1, 0.15) is 10.6 Å². The molecule has 3 heterocycles. The summed E-state index contributed by atoms with van der Waals surface area (Å²) in [6, 6.07) is 5.91. The van der Waals surface area contributed by atoms with Gasteiger partial charge in [-0.15, -0.1) is 11.3 Å². The molecule has 164 valence electrons. The summed E-state index contributed by atoms with van der Waals surface area (Å²) in [5.41, 5.74) is 3.56. The maximum atomic E-state index is 12.8. The Kier molecular flexibility index (Phi) is 5.90. The normalized spacial score (nSPS) is 14.9. The van der Waals surface area contributed by atoms with E-state index < -0.39 is 15.8 Å². The summed E-state index contributed by atoms with van der Waals surface area (Å²) in [5, 5.41) is 4.01. The zero-order valence-corrected chi connectivity index (χ0v) is 19.0. The second kappa shape index (κ2) is 8.47. The Hall–Kier alpha value is -2.65. The van der Waals surface area contributed by atoms with Crippen LogP contribution in [0.4, 0.5) is 5.00 Å². The van der Waals surface area contributed by atoms with Gasteiger partial charge in [-0.3, -0.25) is 4.79 Å². The SMILES string of the molecule is CCOC(=O)c1c(NC(=O)Cc2coc3cc(CC)ccc23)sc2c1CCS(=O)(=O)C2. The third kappa shape index (κ3) is 4.38. The van der Waals surface area contributed by atoms with Crippen LogP contribution in [0.5, 0.6) is 0 Å². The number of fused-ring (bicyclic) bond motifs is 2. The van der Waals surface area contributed by atoms with Gasteiger partial charge in [0.2, 0.25) is 5.91 Å². The monoisotopic (exact) mass is 461 g/mol. The Balaban J connectivity index is 1.61. The number of hydrogen-bond donors (Lipinski definition) is 1. The number of thiophene rings is 1. The molecule has 0 aliphatic carbocycles. The molecule has 0 bridgehead atoms. The van der Waals surface area contributed by atoms with Crippen molar-refractivity contribution in [3.8, 4) is 0 Å². The van der Waals surface area contributed by atoms with Crippen molar-refractivity contribution in [1.29, 1.82) is 0 Å². The highest BCUT2D eigenvalue weighted by atomic mass is 32.2. The molecule has 0 unspecified atom stereocenters. The van der Waals surface area contributed by atoms with Crippen molar-refractivity contribution in [3.63, 3.8) is 0 Å². The summed E-state index contributed by atoms with van der Waals surface area (Å²) in [6.45, 7) is 3.95. The molecule has 0 atom stereocenters. The van der Waals surface area contributed by atoms with Crippen molar-refractivity contribution in [2.75, 3.05) is 17.7 Å². The van der Waals surface area contributed by atoms with E-state index in [9.17, 15) is 18.0 Å². The number of sulfone groups is 1. The van der Waals surface area contributed by atoms with Gasteiger partial charge in [-0.25, -0.2) is 13.2 Å². The minimum atomic E-state index is -3.20. The number of nitrogens with one attached hydrogen (secondary N) is 1. The Morgan fingerprint density at radius 1 is 1.26 bits per heavy atom. The summed E-state index contributed by atoms with van der Waals surface area (Å²) in [7, 11) is -3.20. The average Bonchev–Trinajstić information content (AvgIpc) is 3.27. The molecule has 1 aromatic carbocycles. The lowest BCUT2D eigenvalue weighted by Crippen LogP contribution is -2.20. The topological polar surface area (TPSA) is 103 Å². The number of carbonyl (C=O) groups is 2. The number of anilines is 1. The van der Waals surface area contributed by atoms with Crippen LogP contribution in [0.15, 0.2) is 28.9 Å². The first-order valence-electron chi connectivity index (χ1n) is 10.1. The molecule has 1 N–H and O–H groups in total.